The average molecular weight is 949 g/mol. The van der Waals surface area contributed by atoms with Crippen LogP contribution in [0.3, 0.4) is 0 Å². The molecule has 1 saturated heterocycles. The van der Waals surface area contributed by atoms with Gasteiger partial charge in [-0.2, -0.15) is 0 Å². The summed E-state index contributed by atoms with van der Waals surface area (Å²) in [5.74, 6) is -0.974. The number of aromatic nitrogens is 2. The van der Waals surface area contributed by atoms with Gasteiger partial charge in [-0.1, -0.05) is 83.1 Å². The Bertz CT molecular complexity index is 2320. The minimum atomic E-state index is -4.54. The van der Waals surface area contributed by atoms with E-state index < -0.39 is 98.4 Å². The van der Waals surface area contributed by atoms with Crippen LogP contribution in [0.5, 0.6) is 11.5 Å². The van der Waals surface area contributed by atoms with Crippen LogP contribution in [-0.2, 0) is 66.8 Å². The number of benzene rings is 2. The van der Waals surface area contributed by atoms with Crippen LogP contribution in [0.2, 0.25) is 0 Å². The first-order valence-electron chi connectivity index (χ1n) is 18.6. The first kappa shape index (κ1) is 44.1. The number of ether oxygens (including phenoxy) is 1. The van der Waals surface area contributed by atoms with E-state index in [-0.39, 0.29) is 32.6 Å². The van der Waals surface area contributed by atoms with Gasteiger partial charge >= 0.3 is 21.3 Å². The highest BCUT2D eigenvalue weighted by Crippen LogP contribution is 2.61. The van der Waals surface area contributed by atoms with Gasteiger partial charge in [0.2, 0.25) is 0 Å². The standard InChI is InChI=1S/C39H51F2IN2O11P2/c1-36(2,3)22-13-24(38(7,8)9)32-20(30(22)40)17-49-56(47,54-32)51-19-28-27(15-29(52-28)44-16-26(42)34(45)43-35(44)46)53-57(48)50-18-21-31(41)23(37(4,5)6)14-25(33(21)55-57)39(10,11)12/h13-14,16,27-29H,15,17-19H2,1-12H3,(H,43,45,46)/t27-,28+,29+,56?,57?/m0/s1/i42-2. The largest absolute Gasteiger partial charge is 0.530 e. The molecule has 2 aromatic carbocycles. The first-order valence-corrected chi connectivity index (χ1v) is 22.6. The summed E-state index contributed by atoms with van der Waals surface area (Å²) in [4.78, 5) is 27.3. The lowest BCUT2D eigenvalue weighted by Crippen LogP contribution is -2.33. The number of rotatable bonds is 6. The number of nitrogens with zero attached hydrogens (tertiary/aromatic N) is 1. The summed E-state index contributed by atoms with van der Waals surface area (Å²) in [5.41, 5.74) is -1.34. The van der Waals surface area contributed by atoms with Crippen molar-refractivity contribution in [1.29, 1.82) is 0 Å². The molecule has 18 heteroatoms. The number of phosphoric acid groups is 2. The Balaban J connectivity index is 1.32. The third-order valence-electron chi connectivity index (χ3n) is 10.1. The normalized spacial score (nSPS) is 25.4. The van der Waals surface area contributed by atoms with Gasteiger partial charge in [-0.3, -0.25) is 32.4 Å². The molecule has 3 aromatic rings. The average Bonchev–Trinajstić information content (AvgIpc) is 3.44. The highest BCUT2D eigenvalue weighted by atomic mass is 125. The molecule has 0 saturated carbocycles. The van der Waals surface area contributed by atoms with Gasteiger partial charge in [-0.15, -0.1) is 0 Å². The summed E-state index contributed by atoms with van der Waals surface area (Å²) in [7, 11) is -9.00. The van der Waals surface area contributed by atoms with Crippen LogP contribution < -0.4 is 20.3 Å². The molecule has 4 heterocycles. The Labute approximate surface area is 344 Å². The molecule has 2 unspecified atom stereocenters. The molecule has 314 valence electrons. The highest BCUT2D eigenvalue weighted by Gasteiger charge is 2.49. The van der Waals surface area contributed by atoms with Crippen molar-refractivity contribution in [2.45, 2.75) is 143 Å². The number of phosphoric ester groups is 2. The molecule has 3 aliphatic rings. The molecule has 1 aromatic heterocycles. The van der Waals surface area contributed by atoms with Crippen LogP contribution in [-0.4, -0.2) is 28.4 Å². The molecular formula is C39H51F2IN2O11P2. The topological polar surface area (TPSA) is 154 Å². The van der Waals surface area contributed by atoms with Crippen LogP contribution in [0.1, 0.15) is 129 Å². The summed E-state index contributed by atoms with van der Waals surface area (Å²) < 4.78 is 103. The Morgan fingerprint density at radius 1 is 0.772 bits per heavy atom. The SMILES string of the molecule is CC(C)(C)c1cc(C(C)(C)C)c2c(c1F)COP(=O)(OC[C@H]1O[C@@H](n3cc([125I])c(=O)[nH]c3=O)C[C@@H]1OP1(=O)OCc3c(F)c(C(C)(C)C)cc(C(C)(C)C)c3O1)O2. The number of hydrogen-bond donors (Lipinski definition) is 1. The third kappa shape index (κ3) is 8.89. The van der Waals surface area contributed by atoms with E-state index in [0.717, 1.165) is 4.57 Å². The molecule has 3 aliphatic heterocycles. The lowest BCUT2D eigenvalue weighted by molar-refractivity contribution is -0.0477. The summed E-state index contributed by atoms with van der Waals surface area (Å²) >= 11 is 1.77. The molecule has 0 amide bonds. The quantitative estimate of drug-likeness (QED) is 0.186. The van der Waals surface area contributed by atoms with Crippen molar-refractivity contribution >= 4 is 38.2 Å². The van der Waals surface area contributed by atoms with E-state index in [4.69, 9.17) is 31.9 Å². The molecule has 5 atom stereocenters. The fourth-order valence-corrected chi connectivity index (χ4v) is 9.98. The maximum atomic E-state index is 16.0. The van der Waals surface area contributed by atoms with Gasteiger partial charge in [0, 0.05) is 23.7 Å². The van der Waals surface area contributed by atoms with Gasteiger partial charge in [-0.05, 0) is 67.5 Å². The first-order chi connectivity index (χ1) is 26.0. The van der Waals surface area contributed by atoms with E-state index in [2.05, 4.69) is 4.98 Å². The zero-order valence-electron chi connectivity index (χ0n) is 34.3. The van der Waals surface area contributed by atoms with Crippen molar-refractivity contribution in [3.05, 3.63) is 87.8 Å². The molecule has 57 heavy (non-hydrogen) atoms. The zero-order chi connectivity index (χ0) is 42.4. The molecule has 0 radical (unpaired) electrons. The third-order valence-corrected chi connectivity index (χ3v) is 13.5. The summed E-state index contributed by atoms with van der Waals surface area (Å²) in [6, 6.07) is 3.42. The predicted molar refractivity (Wildman–Crippen MR) is 217 cm³/mol. The van der Waals surface area contributed by atoms with Gasteiger partial charge in [0.05, 0.1) is 34.5 Å². The Hall–Kier alpha value is -2.43. The maximum Gasteiger partial charge on any atom is 0.530 e. The Morgan fingerprint density at radius 3 is 1.70 bits per heavy atom. The van der Waals surface area contributed by atoms with E-state index >= 15 is 8.78 Å². The monoisotopic (exact) mass is 948 g/mol. The van der Waals surface area contributed by atoms with E-state index in [1.807, 2.05) is 83.1 Å². The molecule has 6 rings (SSSR count). The van der Waals surface area contributed by atoms with Crippen molar-refractivity contribution < 1.29 is 49.8 Å². The lowest BCUT2D eigenvalue weighted by atomic mass is 9.78. The fraction of sp³-hybridized carbons (Fsp3) is 0.590. The van der Waals surface area contributed by atoms with E-state index in [0.29, 0.717) is 22.3 Å². The second-order valence-electron chi connectivity index (χ2n) is 18.8. The molecular weight excluding hydrogens is 897 g/mol. The van der Waals surface area contributed by atoms with Crippen LogP contribution in [0, 0.1) is 15.2 Å². The number of nitrogens with one attached hydrogen (secondary N) is 1. The van der Waals surface area contributed by atoms with Gasteiger partial charge in [0.15, 0.2) is 0 Å². The highest BCUT2D eigenvalue weighted by molar-refractivity contribution is 14.1. The minimum Gasteiger partial charge on any atom is -0.403 e. The van der Waals surface area contributed by atoms with E-state index in [1.54, 1.807) is 34.7 Å². The molecule has 0 spiro atoms. The van der Waals surface area contributed by atoms with Gasteiger partial charge in [0.1, 0.15) is 41.6 Å². The predicted octanol–water partition coefficient (Wildman–Crippen LogP) is 9.73. The molecule has 0 bridgehead atoms. The second kappa shape index (κ2) is 14.9. The van der Waals surface area contributed by atoms with E-state index in [1.165, 1.54) is 6.20 Å². The van der Waals surface area contributed by atoms with E-state index in [9.17, 15) is 18.7 Å². The van der Waals surface area contributed by atoms with Gasteiger partial charge in [0.25, 0.3) is 5.56 Å². The molecule has 13 nitrogen and oxygen atoms in total. The Morgan fingerprint density at radius 2 is 1.23 bits per heavy atom. The van der Waals surface area contributed by atoms with Crippen molar-refractivity contribution in [2.75, 3.05) is 6.61 Å². The van der Waals surface area contributed by atoms with Gasteiger partial charge in [-0.25, -0.2) is 22.7 Å². The maximum absolute atomic E-state index is 16.0. The molecule has 0 aliphatic carbocycles. The van der Waals surface area contributed by atoms with Crippen molar-refractivity contribution in [1.82, 2.24) is 9.55 Å². The van der Waals surface area contributed by atoms with Crippen LogP contribution in [0.25, 0.3) is 0 Å². The summed E-state index contributed by atoms with van der Waals surface area (Å²) in [5, 5.41) is 0. The number of hydrogen-bond acceptors (Lipinski definition) is 11. The minimum absolute atomic E-state index is 0.0425. The van der Waals surface area contributed by atoms with Crippen LogP contribution in [0.4, 0.5) is 8.78 Å². The molecule has 1 N–H and O–H groups in total. The van der Waals surface area contributed by atoms with Gasteiger partial charge < -0.3 is 13.8 Å². The fourth-order valence-electron chi connectivity index (χ4n) is 6.88. The smallest absolute Gasteiger partial charge is 0.403 e. The van der Waals surface area contributed by atoms with Crippen molar-refractivity contribution in [3.8, 4) is 11.5 Å². The zero-order valence-corrected chi connectivity index (χ0v) is 38.2. The number of aromatic amines is 1. The number of fused-ring (bicyclic) bond motifs is 2. The number of halogens is 3. The second-order valence-corrected chi connectivity index (χ2v) is 23.1. The summed E-state index contributed by atoms with van der Waals surface area (Å²) in [6.07, 6.45) is -2.38. The van der Waals surface area contributed by atoms with Crippen molar-refractivity contribution in [2.24, 2.45) is 0 Å². The summed E-state index contributed by atoms with van der Waals surface area (Å²) in [6.45, 7) is 21.4. The van der Waals surface area contributed by atoms with Crippen LogP contribution >= 0.6 is 38.2 Å². The lowest BCUT2D eigenvalue weighted by Gasteiger charge is -2.35. The Kier molecular flexibility index (Phi) is 11.6. The van der Waals surface area contributed by atoms with Crippen molar-refractivity contribution in [3.63, 3.8) is 0 Å². The number of H-pyrrole nitrogens is 1. The molecule has 1 fully saturated rings. The van der Waals surface area contributed by atoms with Crippen LogP contribution in [0.15, 0.2) is 27.9 Å².